The predicted molar refractivity (Wildman–Crippen MR) is 87.7 cm³/mol. The van der Waals surface area contributed by atoms with Gasteiger partial charge in [-0.25, -0.2) is 4.79 Å². The minimum atomic E-state index is -0.260. The largest absolute Gasteiger partial charge is 0.497 e. The second-order valence-corrected chi connectivity index (χ2v) is 5.88. The minimum Gasteiger partial charge on any atom is -0.497 e. The van der Waals surface area contributed by atoms with Gasteiger partial charge in [-0.2, -0.15) is 4.98 Å². The lowest BCUT2D eigenvalue weighted by Crippen LogP contribution is -2.37. The first-order valence-corrected chi connectivity index (χ1v) is 8.20. The predicted octanol–water partition coefficient (Wildman–Crippen LogP) is 2.91. The van der Waals surface area contributed by atoms with E-state index in [0.29, 0.717) is 11.8 Å². The van der Waals surface area contributed by atoms with E-state index in [1.807, 2.05) is 31.2 Å². The third-order valence-electron chi connectivity index (χ3n) is 4.06. The van der Waals surface area contributed by atoms with Crippen molar-refractivity contribution < 1.29 is 14.1 Å². The minimum absolute atomic E-state index is 0.0689. The number of carbonyl (C=O) groups excluding carboxylic acids is 1. The van der Waals surface area contributed by atoms with E-state index in [0.717, 1.165) is 36.4 Å². The molecule has 1 aliphatic rings. The van der Waals surface area contributed by atoms with E-state index in [9.17, 15) is 4.79 Å². The van der Waals surface area contributed by atoms with Crippen LogP contribution in [0.3, 0.4) is 0 Å². The molecule has 1 aliphatic carbocycles. The zero-order chi connectivity index (χ0) is 16.9. The summed E-state index contributed by atoms with van der Waals surface area (Å²) >= 11 is 0. The van der Waals surface area contributed by atoms with E-state index < -0.39 is 0 Å². The number of methoxy groups -OCH3 is 1. The summed E-state index contributed by atoms with van der Waals surface area (Å²) in [5, 5.41) is 9.64. The summed E-state index contributed by atoms with van der Waals surface area (Å²) in [5.41, 5.74) is 1.03. The van der Waals surface area contributed by atoms with Gasteiger partial charge in [0.15, 0.2) is 5.82 Å². The first-order chi connectivity index (χ1) is 11.7. The molecule has 2 amide bonds. The van der Waals surface area contributed by atoms with Crippen LogP contribution < -0.4 is 15.4 Å². The van der Waals surface area contributed by atoms with E-state index in [1.165, 1.54) is 0 Å². The van der Waals surface area contributed by atoms with Gasteiger partial charge in [-0.1, -0.05) is 24.2 Å². The molecule has 2 aromatic rings. The molecule has 0 bridgehead atoms. The lowest BCUT2D eigenvalue weighted by molar-refractivity contribution is 0.234. The van der Waals surface area contributed by atoms with Crippen molar-refractivity contribution in [1.29, 1.82) is 0 Å². The summed E-state index contributed by atoms with van der Waals surface area (Å²) in [6.45, 7) is 2.25. The zero-order valence-corrected chi connectivity index (χ0v) is 13.9. The van der Waals surface area contributed by atoms with Crippen LogP contribution in [0.25, 0.3) is 0 Å². The summed E-state index contributed by atoms with van der Waals surface area (Å²) in [5.74, 6) is 2.42. The van der Waals surface area contributed by atoms with Crippen LogP contribution in [0.15, 0.2) is 28.8 Å². The van der Waals surface area contributed by atoms with Crippen LogP contribution in [0.2, 0.25) is 0 Å². The molecule has 3 rings (SSSR count). The van der Waals surface area contributed by atoms with Crippen LogP contribution in [-0.2, 0) is 6.54 Å². The number of nitrogens with one attached hydrogen (secondary N) is 2. The van der Waals surface area contributed by atoms with Gasteiger partial charge in [0, 0.05) is 5.92 Å². The van der Waals surface area contributed by atoms with Gasteiger partial charge in [-0.15, -0.1) is 0 Å². The molecule has 0 aliphatic heterocycles. The number of hydrogen-bond donors (Lipinski definition) is 2. The first kappa shape index (κ1) is 16.3. The number of amides is 2. The van der Waals surface area contributed by atoms with E-state index in [2.05, 4.69) is 20.8 Å². The van der Waals surface area contributed by atoms with Crippen molar-refractivity contribution in [3.63, 3.8) is 0 Å². The smallest absolute Gasteiger partial charge is 0.315 e. The molecular formula is C17H22N4O3. The number of aromatic nitrogens is 2. The number of nitrogens with zero attached hydrogens (tertiary/aromatic N) is 2. The molecule has 1 fully saturated rings. The maximum Gasteiger partial charge on any atom is 0.315 e. The van der Waals surface area contributed by atoms with Crippen LogP contribution in [0.1, 0.15) is 55.4 Å². The Morgan fingerprint density at radius 3 is 2.75 bits per heavy atom. The molecule has 1 atom stereocenters. The molecule has 0 spiro atoms. The topological polar surface area (TPSA) is 89.3 Å². The Labute approximate surface area is 140 Å². The molecule has 1 heterocycles. The SMILES string of the molecule is CCC(NC(=O)NCc1nc(C2CC2)no1)c1ccc(OC)cc1. The van der Waals surface area contributed by atoms with Crippen molar-refractivity contribution in [2.24, 2.45) is 0 Å². The first-order valence-electron chi connectivity index (χ1n) is 8.20. The molecule has 0 saturated heterocycles. The Kier molecular flexibility index (Phi) is 4.98. The average Bonchev–Trinajstić information content (AvgIpc) is 3.36. The second kappa shape index (κ2) is 7.33. The van der Waals surface area contributed by atoms with E-state index in [-0.39, 0.29) is 18.6 Å². The van der Waals surface area contributed by atoms with Gasteiger partial charge in [0.1, 0.15) is 5.75 Å². The molecule has 128 valence electrons. The highest BCUT2D eigenvalue weighted by Crippen LogP contribution is 2.38. The molecule has 1 aromatic heterocycles. The Morgan fingerprint density at radius 1 is 1.38 bits per heavy atom. The summed E-state index contributed by atoms with van der Waals surface area (Å²) in [4.78, 5) is 16.4. The average molecular weight is 330 g/mol. The standard InChI is InChI=1S/C17H22N4O3/c1-3-14(11-6-8-13(23-2)9-7-11)19-17(22)18-10-15-20-16(21-24-15)12-4-5-12/h6-9,12,14H,3-5,10H2,1-2H3,(H2,18,19,22). The molecule has 7 heteroatoms. The highest BCUT2D eigenvalue weighted by atomic mass is 16.5. The van der Waals surface area contributed by atoms with Gasteiger partial charge >= 0.3 is 6.03 Å². The molecular weight excluding hydrogens is 308 g/mol. The number of rotatable bonds is 7. The maximum atomic E-state index is 12.1. The fourth-order valence-electron chi connectivity index (χ4n) is 2.47. The Hall–Kier alpha value is -2.57. The Morgan fingerprint density at radius 2 is 2.12 bits per heavy atom. The van der Waals surface area contributed by atoms with Gasteiger partial charge in [0.25, 0.3) is 0 Å². The number of benzene rings is 1. The van der Waals surface area contributed by atoms with Crippen molar-refractivity contribution in [2.75, 3.05) is 7.11 Å². The van der Waals surface area contributed by atoms with Crippen LogP contribution in [-0.4, -0.2) is 23.3 Å². The van der Waals surface area contributed by atoms with Crippen LogP contribution in [0, 0.1) is 0 Å². The summed E-state index contributed by atoms with van der Waals surface area (Å²) < 4.78 is 10.3. The van der Waals surface area contributed by atoms with Crippen molar-refractivity contribution in [3.8, 4) is 5.75 Å². The van der Waals surface area contributed by atoms with Gasteiger partial charge in [0.2, 0.25) is 5.89 Å². The summed E-state index contributed by atoms with van der Waals surface area (Å²) in [6, 6.07) is 7.34. The number of carbonyl (C=O) groups is 1. The highest BCUT2D eigenvalue weighted by Gasteiger charge is 2.28. The van der Waals surface area contributed by atoms with Crippen LogP contribution in [0.4, 0.5) is 4.79 Å². The number of ether oxygens (including phenoxy) is 1. The number of hydrogen-bond acceptors (Lipinski definition) is 5. The monoisotopic (exact) mass is 330 g/mol. The third kappa shape index (κ3) is 4.04. The van der Waals surface area contributed by atoms with Gasteiger partial charge in [0.05, 0.1) is 19.7 Å². The van der Waals surface area contributed by atoms with Gasteiger partial charge < -0.3 is 19.9 Å². The highest BCUT2D eigenvalue weighted by molar-refractivity contribution is 5.74. The fraction of sp³-hybridized carbons (Fsp3) is 0.471. The zero-order valence-electron chi connectivity index (χ0n) is 13.9. The molecule has 24 heavy (non-hydrogen) atoms. The molecule has 1 saturated carbocycles. The fourth-order valence-corrected chi connectivity index (χ4v) is 2.47. The Bertz CT molecular complexity index is 679. The molecule has 1 aromatic carbocycles. The maximum absolute atomic E-state index is 12.1. The normalized spacial score (nSPS) is 14.9. The second-order valence-electron chi connectivity index (χ2n) is 5.88. The van der Waals surface area contributed by atoms with Crippen LogP contribution in [0.5, 0.6) is 5.75 Å². The van der Waals surface area contributed by atoms with E-state index in [1.54, 1.807) is 7.11 Å². The summed E-state index contributed by atoms with van der Waals surface area (Å²) in [7, 11) is 1.63. The van der Waals surface area contributed by atoms with Crippen molar-refractivity contribution in [3.05, 3.63) is 41.5 Å². The van der Waals surface area contributed by atoms with Crippen LogP contribution >= 0.6 is 0 Å². The van der Waals surface area contributed by atoms with Crippen molar-refractivity contribution in [2.45, 2.75) is 44.7 Å². The van der Waals surface area contributed by atoms with Crippen molar-refractivity contribution in [1.82, 2.24) is 20.8 Å². The van der Waals surface area contributed by atoms with Crippen molar-refractivity contribution >= 4 is 6.03 Å². The molecule has 1 unspecified atom stereocenters. The summed E-state index contributed by atoms with van der Waals surface area (Å²) in [6.07, 6.45) is 3.02. The lowest BCUT2D eigenvalue weighted by atomic mass is 10.0. The van der Waals surface area contributed by atoms with Gasteiger partial charge in [-0.3, -0.25) is 0 Å². The quantitative estimate of drug-likeness (QED) is 0.815. The molecule has 7 nitrogen and oxygen atoms in total. The van der Waals surface area contributed by atoms with Gasteiger partial charge in [-0.05, 0) is 37.0 Å². The Balaban J connectivity index is 1.51. The lowest BCUT2D eigenvalue weighted by Gasteiger charge is -2.18. The number of urea groups is 1. The molecule has 0 radical (unpaired) electrons. The molecule has 2 N–H and O–H groups in total. The van der Waals surface area contributed by atoms with E-state index >= 15 is 0 Å². The third-order valence-corrected chi connectivity index (χ3v) is 4.06. The van der Waals surface area contributed by atoms with E-state index in [4.69, 9.17) is 9.26 Å².